The molecule has 5 rings (SSSR count). The minimum absolute atomic E-state index is 0.00337. The fraction of sp³-hybridized carbons (Fsp3) is 0.552. The van der Waals surface area contributed by atoms with E-state index < -0.39 is 34.9 Å². The van der Waals surface area contributed by atoms with Crippen molar-refractivity contribution in [2.75, 3.05) is 6.61 Å². The molecular weight excluding hydrogens is 460 g/mol. The molecule has 0 bridgehead atoms. The van der Waals surface area contributed by atoms with Gasteiger partial charge >= 0.3 is 11.9 Å². The number of ether oxygens (including phenoxy) is 3. The minimum atomic E-state index is -0.841. The maximum absolute atomic E-state index is 14.0. The molecule has 36 heavy (non-hydrogen) atoms. The number of ketones is 1. The molecule has 3 fully saturated rings. The van der Waals surface area contributed by atoms with Crippen molar-refractivity contribution in [2.24, 2.45) is 28.6 Å². The molecule has 0 unspecified atom stereocenters. The molecule has 1 aromatic carbocycles. The topological polar surface area (TPSA) is 92.0 Å². The lowest BCUT2D eigenvalue weighted by Gasteiger charge is -2.61. The van der Waals surface area contributed by atoms with E-state index in [-0.39, 0.29) is 23.6 Å². The van der Waals surface area contributed by atoms with Gasteiger partial charge < -0.3 is 18.6 Å². The lowest BCUT2D eigenvalue weighted by molar-refractivity contribution is -0.210. The molecule has 1 saturated heterocycles. The molecule has 0 amide bonds. The van der Waals surface area contributed by atoms with Gasteiger partial charge in [0.15, 0.2) is 11.9 Å². The molecule has 7 nitrogen and oxygen atoms in total. The first-order chi connectivity index (χ1) is 17.2. The van der Waals surface area contributed by atoms with Gasteiger partial charge in [-0.3, -0.25) is 14.4 Å². The fourth-order valence-corrected chi connectivity index (χ4v) is 7.22. The lowest BCUT2D eigenvalue weighted by Crippen LogP contribution is -2.64. The van der Waals surface area contributed by atoms with Crippen molar-refractivity contribution in [2.45, 2.75) is 65.3 Å². The van der Waals surface area contributed by atoms with Gasteiger partial charge in [0.2, 0.25) is 0 Å². The van der Waals surface area contributed by atoms with Gasteiger partial charge in [0.25, 0.3) is 0 Å². The van der Waals surface area contributed by atoms with Crippen molar-refractivity contribution in [3.63, 3.8) is 0 Å². The smallest absolute Gasteiger partial charge is 0.310 e. The van der Waals surface area contributed by atoms with Crippen molar-refractivity contribution in [3.8, 4) is 0 Å². The van der Waals surface area contributed by atoms with E-state index >= 15 is 0 Å². The summed E-state index contributed by atoms with van der Waals surface area (Å²) >= 11 is 0. The Balaban J connectivity index is 1.46. The quantitative estimate of drug-likeness (QED) is 0.519. The zero-order valence-electron chi connectivity index (χ0n) is 21.1. The Morgan fingerprint density at radius 3 is 2.58 bits per heavy atom. The second-order valence-electron chi connectivity index (χ2n) is 11.2. The predicted molar refractivity (Wildman–Crippen MR) is 129 cm³/mol. The molecule has 2 aromatic rings. The standard InChI is InChI=1S/C29H34O7/c1-18(30)35-23-13-21(17-34-15-19-7-5-4-6-8-19)28(2)11-9-22-27(32)36-24(20-10-12-33-16-20)14-29(22,3)26(28)25(23)31/h4-8,10,12,16,21-24,26H,9,11,13-15,17H2,1-3H3/t21-,22-,23-,24-,26-,28-,29-/m0/s1. The summed E-state index contributed by atoms with van der Waals surface area (Å²) in [5.74, 6) is -1.68. The Bertz CT molecular complexity index is 1110. The van der Waals surface area contributed by atoms with Gasteiger partial charge in [0.1, 0.15) is 6.10 Å². The van der Waals surface area contributed by atoms with Crippen molar-refractivity contribution < 1.29 is 33.0 Å². The number of esters is 2. The van der Waals surface area contributed by atoms with Crippen LogP contribution in [0.5, 0.6) is 0 Å². The van der Waals surface area contributed by atoms with E-state index in [1.54, 1.807) is 18.6 Å². The third kappa shape index (κ3) is 4.27. The number of cyclic esters (lactones) is 1. The van der Waals surface area contributed by atoms with Crippen molar-refractivity contribution in [1.29, 1.82) is 0 Å². The molecule has 0 radical (unpaired) electrons. The van der Waals surface area contributed by atoms with Gasteiger partial charge in [-0.2, -0.15) is 0 Å². The van der Waals surface area contributed by atoms with Crippen LogP contribution in [0.15, 0.2) is 53.3 Å². The maximum atomic E-state index is 14.0. The number of carbonyl (C=O) groups excluding carboxylic acids is 3. The van der Waals surface area contributed by atoms with Crippen LogP contribution in [-0.2, 0) is 35.2 Å². The van der Waals surface area contributed by atoms with E-state index in [0.717, 1.165) is 11.1 Å². The fourth-order valence-electron chi connectivity index (χ4n) is 7.22. The first kappa shape index (κ1) is 24.8. The summed E-state index contributed by atoms with van der Waals surface area (Å²) in [5.41, 5.74) is 0.834. The van der Waals surface area contributed by atoms with Crippen LogP contribution in [0.4, 0.5) is 0 Å². The van der Waals surface area contributed by atoms with Crippen LogP contribution in [0.1, 0.15) is 63.7 Å². The molecule has 7 atom stereocenters. The van der Waals surface area contributed by atoms with Crippen LogP contribution in [0.25, 0.3) is 0 Å². The van der Waals surface area contributed by atoms with Crippen LogP contribution in [0.3, 0.4) is 0 Å². The van der Waals surface area contributed by atoms with Gasteiger partial charge in [-0.15, -0.1) is 0 Å². The van der Waals surface area contributed by atoms with Crippen LogP contribution in [0, 0.1) is 28.6 Å². The average Bonchev–Trinajstić information content (AvgIpc) is 3.37. The highest BCUT2D eigenvalue weighted by molar-refractivity contribution is 5.91. The number of carbonyl (C=O) groups is 3. The van der Waals surface area contributed by atoms with E-state index in [0.29, 0.717) is 38.9 Å². The molecule has 1 aliphatic heterocycles. The molecule has 2 saturated carbocycles. The van der Waals surface area contributed by atoms with Crippen molar-refractivity contribution >= 4 is 17.7 Å². The number of hydrogen-bond acceptors (Lipinski definition) is 7. The molecule has 7 heteroatoms. The van der Waals surface area contributed by atoms with Gasteiger partial charge in [-0.1, -0.05) is 44.2 Å². The summed E-state index contributed by atoms with van der Waals surface area (Å²) < 4.78 is 22.8. The number of benzene rings is 1. The first-order valence-corrected chi connectivity index (χ1v) is 12.8. The SMILES string of the molecule is CC(=O)O[C@H]1C[C@@H](COCc2ccccc2)[C@]2(C)CC[C@H]3C(=O)O[C@H](c4ccoc4)C[C@]3(C)[C@H]2C1=O. The van der Waals surface area contributed by atoms with Crippen LogP contribution in [0.2, 0.25) is 0 Å². The van der Waals surface area contributed by atoms with E-state index in [1.807, 2.05) is 37.3 Å². The number of hydrogen-bond donors (Lipinski definition) is 0. The lowest BCUT2D eigenvalue weighted by atomic mass is 9.43. The zero-order chi connectivity index (χ0) is 25.5. The second-order valence-corrected chi connectivity index (χ2v) is 11.2. The number of fused-ring (bicyclic) bond motifs is 3. The zero-order valence-corrected chi connectivity index (χ0v) is 21.1. The molecule has 3 aliphatic rings. The van der Waals surface area contributed by atoms with Crippen molar-refractivity contribution in [3.05, 3.63) is 60.1 Å². The minimum Gasteiger partial charge on any atom is -0.472 e. The molecule has 192 valence electrons. The summed E-state index contributed by atoms with van der Waals surface area (Å²) in [4.78, 5) is 39.2. The number of rotatable bonds is 6. The van der Waals surface area contributed by atoms with Crippen LogP contribution < -0.4 is 0 Å². The van der Waals surface area contributed by atoms with E-state index in [9.17, 15) is 14.4 Å². The number of furan rings is 1. The third-order valence-corrected chi connectivity index (χ3v) is 8.94. The number of Topliss-reactive ketones (excluding diaryl/α,β-unsaturated/α-hetero) is 1. The molecular formula is C29H34O7. The Morgan fingerprint density at radius 1 is 1.11 bits per heavy atom. The summed E-state index contributed by atoms with van der Waals surface area (Å²) in [6.45, 7) is 6.45. The molecule has 0 N–H and O–H groups in total. The highest BCUT2D eigenvalue weighted by Crippen LogP contribution is 2.65. The normalized spacial score (nSPS) is 35.9. The maximum Gasteiger partial charge on any atom is 0.310 e. The van der Waals surface area contributed by atoms with E-state index in [1.165, 1.54) is 6.92 Å². The van der Waals surface area contributed by atoms with Crippen molar-refractivity contribution in [1.82, 2.24) is 0 Å². The molecule has 0 spiro atoms. The third-order valence-electron chi connectivity index (χ3n) is 8.94. The Hall–Kier alpha value is -2.93. The van der Waals surface area contributed by atoms with E-state index in [2.05, 4.69) is 6.92 Å². The summed E-state index contributed by atoms with van der Waals surface area (Å²) in [5, 5.41) is 0. The Labute approximate surface area is 211 Å². The summed E-state index contributed by atoms with van der Waals surface area (Å²) in [6, 6.07) is 11.8. The van der Waals surface area contributed by atoms with Gasteiger partial charge in [-0.25, -0.2) is 0 Å². The highest BCUT2D eigenvalue weighted by atomic mass is 16.6. The van der Waals surface area contributed by atoms with Gasteiger partial charge in [-0.05, 0) is 54.1 Å². The monoisotopic (exact) mass is 494 g/mol. The van der Waals surface area contributed by atoms with Crippen LogP contribution in [-0.4, -0.2) is 30.4 Å². The Kier molecular flexibility index (Phi) is 6.54. The van der Waals surface area contributed by atoms with Crippen LogP contribution >= 0.6 is 0 Å². The average molecular weight is 495 g/mol. The molecule has 2 aliphatic carbocycles. The van der Waals surface area contributed by atoms with Gasteiger partial charge in [0.05, 0.1) is 31.7 Å². The highest BCUT2D eigenvalue weighted by Gasteiger charge is 2.66. The Morgan fingerprint density at radius 2 is 1.89 bits per heavy atom. The predicted octanol–water partition coefficient (Wildman–Crippen LogP) is 5.04. The largest absolute Gasteiger partial charge is 0.472 e. The molecule has 1 aromatic heterocycles. The second kappa shape index (κ2) is 9.51. The first-order valence-electron chi connectivity index (χ1n) is 12.8. The summed E-state index contributed by atoms with van der Waals surface area (Å²) in [7, 11) is 0. The van der Waals surface area contributed by atoms with Gasteiger partial charge in [0, 0.05) is 18.4 Å². The van der Waals surface area contributed by atoms with E-state index in [4.69, 9.17) is 18.6 Å². The molecule has 2 heterocycles. The summed E-state index contributed by atoms with van der Waals surface area (Å²) in [6.07, 6.45) is 4.14.